The second-order valence-electron chi connectivity index (χ2n) is 3.79. The van der Waals surface area contributed by atoms with Gasteiger partial charge in [-0.2, -0.15) is 11.8 Å². The predicted molar refractivity (Wildman–Crippen MR) is 64.1 cm³/mol. The summed E-state index contributed by atoms with van der Waals surface area (Å²) in [6, 6.07) is 0. The summed E-state index contributed by atoms with van der Waals surface area (Å²) in [4.78, 5) is 11.4. The van der Waals surface area contributed by atoms with Crippen molar-refractivity contribution < 1.29 is 9.53 Å². The molecule has 1 unspecified atom stereocenters. The van der Waals surface area contributed by atoms with Crippen molar-refractivity contribution in [2.75, 3.05) is 25.2 Å². The van der Waals surface area contributed by atoms with E-state index in [-0.39, 0.29) is 11.5 Å². The normalized spacial score (nSPS) is 25.1. The molecule has 0 aromatic carbocycles. The molecule has 0 spiro atoms. The zero-order chi connectivity index (χ0) is 11.1. The molecule has 0 saturated carbocycles. The number of nitrogens with one attached hydrogen (secondary N) is 1. The van der Waals surface area contributed by atoms with Crippen molar-refractivity contribution in [1.29, 1.82) is 0 Å². The van der Waals surface area contributed by atoms with Crippen LogP contribution in [0.25, 0.3) is 0 Å². The molecular weight excluding hydrogens is 210 g/mol. The minimum absolute atomic E-state index is 0.0863. The van der Waals surface area contributed by atoms with Crippen molar-refractivity contribution in [2.45, 2.75) is 24.9 Å². The molecule has 1 fully saturated rings. The van der Waals surface area contributed by atoms with Gasteiger partial charge in [0.25, 0.3) is 0 Å². The Morgan fingerprint density at radius 3 is 3.07 bits per heavy atom. The number of hydrogen-bond acceptors (Lipinski definition) is 3. The SMILES string of the molecule is C=CCCC(=O)NCC1(OC)CCSC1. The fourth-order valence-corrected chi connectivity index (χ4v) is 2.94. The number of thioether (sulfide) groups is 1. The second-order valence-corrected chi connectivity index (χ2v) is 4.90. The smallest absolute Gasteiger partial charge is 0.220 e. The third-order valence-electron chi connectivity index (χ3n) is 2.68. The Labute approximate surface area is 95.6 Å². The van der Waals surface area contributed by atoms with Crippen LogP contribution in [0.4, 0.5) is 0 Å². The van der Waals surface area contributed by atoms with E-state index < -0.39 is 0 Å². The van der Waals surface area contributed by atoms with E-state index >= 15 is 0 Å². The first-order valence-corrected chi connectivity index (χ1v) is 6.38. The lowest BCUT2D eigenvalue weighted by molar-refractivity contribution is -0.122. The zero-order valence-corrected chi connectivity index (χ0v) is 10.1. The molecule has 4 heteroatoms. The van der Waals surface area contributed by atoms with Gasteiger partial charge in [-0.05, 0) is 18.6 Å². The molecule has 0 bridgehead atoms. The highest BCUT2D eigenvalue weighted by atomic mass is 32.2. The fraction of sp³-hybridized carbons (Fsp3) is 0.727. The topological polar surface area (TPSA) is 38.3 Å². The molecule has 0 radical (unpaired) electrons. The Morgan fingerprint density at radius 2 is 2.53 bits per heavy atom. The van der Waals surface area contributed by atoms with Crippen LogP contribution in [0.2, 0.25) is 0 Å². The van der Waals surface area contributed by atoms with Crippen molar-refractivity contribution in [1.82, 2.24) is 5.32 Å². The molecule has 3 nitrogen and oxygen atoms in total. The van der Waals surface area contributed by atoms with Crippen LogP contribution in [0.5, 0.6) is 0 Å². The first-order chi connectivity index (χ1) is 7.22. The molecular formula is C11H19NO2S. The van der Waals surface area contributed by atoms with Crippen molar-refractivity contribution in [3.8, 4) is 0 Å². The quantitative estimate of drug-likeness (QED) is 0.703. The lowest BCUT2D eigenvalue weighted by Gasteiger charge is -2.26. The van der Waals surface area contributed by atoms with Crippen molar-refractivity contribution in [3.63, 3.8) is 0 Å². The molecule has 1 rings (SSSR count). The van der Waals surface area contributed by atoms with Gasteiger partial charge >= 0.3 is 0 Å². The molecule has 15 heavy (non-hydrogen) atoms. The van der Waals surface area contributed by atoms with Crippen molar-refractivity contribution in [3.05, 3.63) is 12.7 Å². The van der Waals surface area contributed by atoms with Crippen molar-refractivity contribution in [2.24, 2.45) is 0 Å². The molecule has 1 amide bonds. The van der Waals surface area contributed by atoms with E-state index in [0.717, 1.165) is 24.3 Å². The summed E-state index contributed by atoms with van der Waals surface area (Å²) in [6.45, 7) is 4.22. The predicted octanol–water partition coefficient (Wildman–Crippen LogP) is 1.59. The molecule has 1 aliphatic heterocycles. The van der Waals surface area contributed by atoms with E-state index in [1.165, 1.54) is 0 Å². The maximum Gasteiger partial charge on any atom is 0.220 e. The third kappa shape index (κ3) is 3.87. The lowest BCUT2D eigenvalue weighted by atomic mass is 10.0. The van der Waals surface area contributed by atoms with E-state index in [0.29, 0.717) is 13.0 Å². The van der Waals surface area contributed by atoms with Crippen LogP contribution in [0.1, 0.15) is 19.3 Å². The van der Waals surface area contributed by atoms with Gasteiger partial charge in [0.2, 0.25) is 5.91 Å². The summed E-state index contributed by atoms with van der Waals surface area (Å²) < 4.78 is 5.50. The van der Waals surface area contributed by atoms with Crippen molar-refractivity contribution >= 4 is 17.7 Å². The maximum atomic E-state index is 11.4. The van der Waals surface area contributed by atoms with E-state index in [1.54, 1.807) is 13.2 Å². The van der Waals surface area contributed by atoms with Gasteiger partial charge < -0.3 is 10.1 Å². The highest BCUT2D eigenvalue weighted by Gasteiger charge is 2.34. The average molecular weight is 229 g/mol. The summed E-state index contributed by atoms with van der Waals surface area (Å²) >= 11 is 1.88. The van der Waals surface area contributed by atoms with E-state index in [4.69, 9.17) is 4.74 Å². The average Bonchev–Trinajstić information content (AvgIpc) is 2.73. The number of methoxy groups -OCH3 is 1. The zero-order valence-electron chi connectivity index (χ0n) is 9.25. The Balaban J connectivity index is 2.27. The van der Waals surface area contributed by atoms with Gasteiger partial charge in [-0.3, -0.25) is 4.79 Å². The van der Waals surface area contributed by atoms with Gasteiger partial charge in [0.15, 0.2) is 0 Å². The molecule has 0 aliphatic carbocycles. The maximum absolute atomic E-state index is 11.4. The van der Waals surface area contributed by atoms with Gasteiger partial charge in [0, 0.05) is 25.8 Å². The Bertz CT molecular complexity index is 225. The first kappa shape index (κ1) is 12.6. The number of carbonyl (C=O) groups excluding carboxylic acids is 1. The minimum atomic E-state index is -0.130. The monoisotopic (exact) mass is 229 g/mol. The molecule has 1 heterocycles. The van der Waals surface area contributed by atoms with Crippen LogP contribution in [0.3, 0.4) is 0 Å². The summed E-state index contributed by atoms with van der Waals surface area (Å²) in [5.74, 6) is 2.19. The van der Waals surface area contributed by atoms with Crippen LogP contribution in [-0.2, 0) is 9.53 Å². The first-order valence-electron chi connectivity index (χ1n) is 5.23. The van der Waals surface area contributed by atoms with Gasteiger partial charge in [-0.25, -0.2) is 0 Å². The number of ether oxygens (including phenoxy) is 1. The number of amides is 1. The number of hydrogen-bond donors (Lipinski definition) is 1. The van der Waals surface area contributed by atoms with Crippen LogP contribution in [0.15, 0.2) is 12.7 Å². The molecule has 1 aliphatic rings. The number of rotatable bonds is 6. The van der Waals surface area contributed by atoms with Crippen LogP contribution >= 0.6 is 11.8 Å². The third-order valence-corrected chi connectivity index (χ3v) is 3.91. The minimum Gasteiger partial charge on any atom is -0.376 e. The summed E-state index contributed by atoms with van der Waals surface area (Å²) in [5, 5.41) is 2.93. The molecule has 1 atom stereocenters. The largest absolute Gasteiger partial charge is 0.376 e. The molecule has 0 aromatic heterocycles. The van der Waals surface area contributed by atoms with E-state index in [1.807, 2.05) is 11.8 Å². The number of carbonyl (C=O) groups is 1. The standard InChI is InChI=1S/C11H19NO2S/c1-3-4-5-10(13)12-8-11(14-2)6-7-15-9-11/h3H,1,4-9H2,2H3,(H,12,13). The van der Waals surface area contributed by atoms with Gasteiger partial charge in [0.1, 0.15) is 0 Å². The highest BCUT2D eigenvalue weighted by molar-refractivity contribution is 7.99. The van der Waals surface area contributed by atoms with Crippen LogP contribution in [-0.4, -0.2) is 36.7 Å². The molecule has 86 valence electrons. The van der Waals surface area contributed by atoms with Gasteiger partial charge in [-0.15, -0.1) is 6.58 Å². The number of allylic oxidation sites excluding steroid dienone is 1. The fourth-order valence-electron chi connectivity index (χ4n) is 1.54. The highest BCUT2D eigenvalue weighted by Crippen LogP contribution is 2.30. The van der Waals surface area contributed by atoms with E-state index in [9.17, 15) is 4.79 Å². The summed E-state index contributed by atoms with van der Waals surface area (Å²) in [6.07, 6.45) is 4.05. The van der Waals surface area contributed by atoms with Gasteiger partial charge in [0.05, 0.1) is 5.60 Å². The Hall–Kier alpha value is -0.480. The van der Waals surface area contributed by atoms with Crippen LogP contribution < -0.4 is 5.32 Å². The molecule has 0 aromatic rings. The Kier molecular flexibility index (Phi) is 5.19. The lowest BCUT2D eigenvalue weighted by Crippen LogP contribution is -2.44. The summed E-state index contributed by atoms with van der Waals surface area (Å²) in [5.41, 5.74) is -0.130. The van der Waals surface area contributed by atoms with Gasteiger partial charge in [-0.1, -0.05) is 6.08 Å². The molecule has 1 saturated heterocycles. The second kappa shape index (κ2) is 6.18. The molecule has 1 N–H and O–H groups in total. The van der Waals surface area contributed by atoms with E-state index in [2.05, 4.69) is 11.9 Å². The van der Waals surface area contributed by atoms with Crippen LogP contribution in [0, 0.1) is 0 Å². The Morgan fingerprint density at radius 1 is 1.73 bits per heavy atom. The summed E-state index contributed by atoms with van der Waals surface area (Å²) in [7, 11) is 1.72.